The van der Waals surface area contributed by atoms with Crippen molar-refractivity contribution in [1.82, 2.24) is 20.1 Å². The van der Waals surface area contributed by atoms with Crippen LogP contribution in [0.1, 0.15) is 16.1 Å². The van der Waals surface area contributed by atoms with Gasteiger partial charge in [-0.25, -0.2) is 4.98 Å². The van der Waals surface area contributed by atoms with Gasteiger partial charge < -0.3 is 14.1 Å². The van der Waals surface area contributed by atoms with E-state index in [0.717, 1.165) is 18.3 Å². The summed E-state index contributed by atoms with van der Waals surface area (Å²) >= 11 is 0. The Morgan fingerprint density at radius 1 is 1.30 bits per heavy atom. The number of alkyl halides is 3. The van der Waals surface area contributed by atoms with Gasteiger partial charge in [0.05, 0.1) is 24.9 Å². The van der Waals surface area contributed by atoms with Gasteiger partial charge in [-0.05, 0) is 18.2 Å². The Labute approximate surface area is 150 Å². The van der Waals surface area contributed by atoms with Gasteiger partial charge in [-0.15, -0.1) is 0 Å². The molecule has 0 saturated carbocycles. The van der Waals surface area contributed by atoms with E-state index < -0.39 is 11.7 Å². The summed E-state index contributed by atoms with van der Waals surface area (Å²) in [4.78, 5) is 17.6. The lowest BCUT2D eigenvalue weighted by atomic mass is 10.1. The average Bonchev–Trinajstić information content (AvgIpc) is 3.27. The number of ether oxygens (including phenoxy) is 1. The number of nitrogens with one attached hydrogen (secondary N) is 1. The molecular formula is C17H13F3N4O3. The fourth-order valence-corrected chi connectivity index (χ4v) is 2.62. The molecule has 1 amide bonds. The molecular weight excluding hydrogens is 365 g/mol. The second kappa shape index (κ2) is 6.45. The predicted molar refractivity (Wildman–Crippen MR) is 85.8 cm³/mol. The third-order valence-electron chi connectivity index (χ3n) is 4.07. The van der Waals surface area contributed by atoms with E-state index in [0.29, 0.717) is 24.5 Å². The van der Waals surface area contributed by atoms with Crippen LogP contribution in [0.3, 0.4) is 0 Å². The number of hydrogen-bond acceptors (Lipinski definition) is 5. The number of halogens is 3. The molecule has 0 unspecified atom stereocenters. The number of aromatic nitrogens is 3. The Bertz CT molecular complexity index is 929. The molecule has 10 heteroatoms. The van der Waals surface area contributed by atoms with E-state index >= 15 is 0 Å². The third kappa shape index (κ3) is 3.50. The zero-order chi connectivity index (χ0) is 19.0. The van der Waals surface area contributed by atoms with E-state index in [4.69, 9.17) is 9.15 Å². The highest BCUT2D eigenvalue weighted by atomic mass is 19.4. The molecule has 1 saturated heterocycles. The van der Waals surface area contributed by atoms with Crippen molar-refractivity contribution in [3.63, 3.8) is 0 Å². The lowest BCUT2D eigenvalue weighted by Crippen LogP contribution is -2.56. The molecule has 7 nitrogen and oxygen atoms in total. The van der Waals surface area contributed by atoms with Gasteiger partial charge in [0.1, 0.15) is 11.8 Å². The summed E-state index contributed by atoms with van der Waals surface area (Å²) in [5.74, 6) is 0.379. The smallest absolute Gasteiger partial charge is 0.417 e. The minimum Gasteiger partial charge on any atom is -0.471 e. The van der Waals surface area contributed by atoms with Gasteiger partial charge in [-0.2, -0.15) is 18.3 Å². The van der Waals surface area contributed by atoms with Crippen LogP contribution in [-0.2, 0) is 6.18 Å². The number of amides is 1. The normalized spacial score (nSPS) is 14.9. The number of likely N-dealkylation sites (tertiary alicyclic amines) is 1. The maximum absolute atomic E-state index is 12.5. The molecule has 140 valence electrons. The van der Waals surface area contributed by atoms with E-state index in [-0.39, 0.29) is 23.6 Å². The van der Waals surface area contributed by atoms with Gasteiger partial charge in [0.15, 0.2) is 11.5 Å². The first kappa shape index (κ1) is 17.1. The van der Waals surface area contributed by atoms with Crippen LogP contribution in [0, 0.1) is 0 Å². The largest absolute Gasteiger partial charge is 0.471 e. The standard InChI is InChI=1S/C17H13F3N4O3/c18-17(19,20)10-3-4-15(21-7-10)27-11-8-24(9-11)16(25)13-6-12(22-23-13)14-2-1-5-26-14/h1-7,11H,8-9H2,(H,22,23). The van der Waals surface area contributed by atoms with Crippen molar-refractivity contribution in [3.05, 3.63) is 54.0 Å². The fraction of sp³-hybridized carbons (Fsp3) is 0.235. The van der Waals surface area contributed by atoms with Crippen LogP contribution in [0.4, 0.5) is 13.2 Å². The third-order valence-corrected chi connectivity index (χ3v) is 4.07. The van der Waals surface area contributed by atoms with Crippen LogP contribution < -0.4 is 4.74 Å². The highest BCUT2D eigenvalue weighted by Crippen LogP contribution is 2.29. The van der Waals surface area contributed by atoms with Crippen LogP contribution in [-0.4, -0.2) is 45.2 Å². The van der Waals surface area contributed by atoms with Gasteiger partial charge in [0, 0.05) is 18.3 Å². The van der Waals surface area contributed by atoms with Crippen LogP contribution in [0.5, 0.6) is 5.88 Å². The second-order valence-electron chi connectivity index (χ2n) is 5.98. The molecule has 3 aromatic rings. The second-order valence-corrected chi connectivity index (χ2v) is 5.98. The quantitative estimate of drug-likeness (QED) is 0.755. The maximum Gasteiger partial charge on any atom is 0.417 e. The summed E-state index contributed by atoms with van der Waals surface area (Å²) in [7, 11) is 0. The molecule has 0 aromatic carbocycles. The minimum absolute atomic E-state index is 0.0833. The van der Waals surface area contributed by atoms with Crippen molar-refractivity contribution < 1.29 is 27.1 Å². The number of aromatic amines is 1. The summed E-state index contributed by atoms with van der Waals surface area (Å²) in [6, 6.07) is 7.13. The van der Waals surface area contributed by atoms with Crippen molar-refractivity contribution in [3.8, 4) is 17.3 Å². The van der Waals surface area contributed by atoms with Gasteiger partial charge in [-0.3, -0.25) is 9.89 Å². The monoisotopic (exact) mass is 378 g/mol. The summed E-state index contributed by atoms with van der Waals surface area (Å²) in [6.07, 6.45) is -2.54. The topological polar surface area (TPSA) is 84.2 Å². The fourth-order valence-electron chi connectivity index (χ4n) is 2.62. The molecule has 0 atom stereocenters. The van der Waals surface area contributed by atoms with Gasteiger partial charge >= 0.3 is 6.18 Å². The number of nitrogens with zero attached hydrogens (tertiary/aromatic N) is 3. The van der Waals surface area contributed by atoms with Crippen molar-refractivity contribution >= 4 is 5.91 Å². The number of hydrogen-bond donors (Lipinski definition) is 1. The summed E-state index contributed by atoms with van der Waals surface area (Å²) in [5, 5.41) is 6.72. The molecule has 1 N–H and O–H groups in total. The van der Waals surface area contributed by atoms with Gasteiger partial charge in [0.25, 0.3) is 5.91 Å². The van der Waals surface area contributed by atoms with Gasteiger partial charge in [0.2, 0.25) is 5.88 Å². The molecule has 27 heavy (non-hydrogen) atoms. The summed E-state index contributed by atoms with van der Waals surface area (Å²) in [6.45, 7) is 0.592. The molecule has 0 radical (unpaired) electrons. The minimum atomic E-state index is -4.44. The molecule has 0 bridgehead atoms. The predicted octanol–water partition coefficient (Wildman–Crippen LogP) is 2.99. The number of H-pyrrole nitrogens is 1. The molecule has 1 aliphatic heterocycles. The number of carbonyl (C=O) groups excluding carboxylic acids is 1. The van der Waals surface area contributed by atoms with E-state index in [9.17, 15) is 18.0 Å². The number of carbonyl (C=O) groups is 1. The van der Waals surface area contributed by atoms with E-state index in [1.165, 1.54) is 11.2 Å². The Morgan fingerprint density at radius 2 is 2.11 bits per heavy atom. The molecule has 3 aromatic heterocycles. The molecule has 0 spiro atoms. The zero-order valence-corrected chi connectivity index (χ0v) is 13.7. The van der Waals surface area contributed by atoms with Gasteiger partial charge in [-0.1, -0.05) is 0 Å². The van der Waals surface area contributed by atoms with Crippen LogP contribution >= 0.6 is 0 Å². The Hall–Kier alpha value is -3.30. The Morgan fingerprint density at radius 3 is 2.74 bits per heavy atom. The van der Waals surface area contributed by atoms with E-state index in [1.54, 1.807) is 18.2 Å². The molecule has 4 rings (SSSR count). The Kier molecular flexibility index (Phi) is 4.09. The van der Waals surface area contributed by atoms with Crippen molar-refractivity contribution in [2.75, 3.05) is 13.1 Å². The lowest BCUT2D eigenvalue weighted by molar-refractivity contribution is -0.137. The number of pyridine rings is 1. The SMILES string of the molecule is O=C(c1cc(-c2ccco2)[nH]n1)N1CC(Oc2ccc(C(F)(F)F)cn2)C1. The first-order valence-electron chi connectivity index (χ1n) is 7.98. The van der Waals surface area contributed by atoms with Crippen molar-refractivity contribution in [2.24, 2.45) is 0 Å². The molecule has 1 fully saturated rings. The van der Waals surface area contributed by atoms with E-state index in [1.807, 2.05) is 0 Å². The maximum atomic E-state index is 12.5. The summed E-state index contributed by atoms with van der Waals surface area (Å²) < 4.78 is 48.3. The molecule has 0 aliphatic carbocycles. The number of rotatable bonds is 4. The number of furan rings is 1. The Balaban J connectivity index is 1.32. The lowest BCUT2D eigenvalue weighted by Gasteiger charge is -2.38. The first-order chi connectivity index (χ1) is 12.9. The molecule has 1 aliphatic rings. The van der Waals surface area contributed by atoms with Crippen molar-refractivity contribution in [1.29, 1.82) is 0 Å². The highest BCUT2D eigenvalue weighted by Gasteiger charge is 2.35. The zero-order valence-electron chi connectivity index (χ0n) is 13.7. The molecule has 4 heterocycles. The van der Waals surface area contributed by atoms with Crippen LogP contribution in [0.2, 0.25) is 0 Å². The first-order valence-corrected chi connectivity index (χ1v) is 7.98. The highest BCUT2D eigenvalue weighted by molar-refractivity contribution is 5.93. The van der Waals surface area contributed by atoms with E-state index in [2.05, 4.69) is 15.2 Å². The van der Waals surface area contributed by atoms with Crippen molar-refractivity contribution in [2.45, 2.75) is 12.3 Å². The van der Waals surface area contributed by atoms with Crippen LogP contribution in [0.15, 0.2) is 47.2 Å². The van der Waals surface area contributed by atoms with Crippen LogP contribution in [0.25, 0.3) is 11.5 Å². The summed E-state index contributed by atoms with van der Waals surface area (Å²) in [5.41, 5.74) is -0.00992. The average molecular weight is 378 g/mol.